The molecule has 4 saturated heterocycles. The van der Waals surface area contributed by atoms with Crippen molar-refractivity contribution < 1.29 is 45.5 Å². The number of pyridine rings is 1. The van der Waals surface area contributed by atoms with E-state index in [0.717, 1.165) is 90.8 Å². The number of aromatic amines is 1. The Morgan fingerprint density at radius 3 is 2.20 bits per heavy atom. The number of carbonyl (C=O) groups excluding carboxylic acids is 4. The minimum Gasteiger partial charge on any atom is -0.375 e. The van der Waals surface area contributed by atoms with Crippen molar-refractivity contribution in [3.63, 3.8) is 0 Å². The van der Waals surface area contributed by atoms with Crippen molar-refractivity contribution in [3.05, 3.63) is 107 Å². The van der Waals surface area contributed by atoms with Crippen LogP contribution in [0.1, 0.15) is 76.8 Å². The molecule has 66 heavy (non-hydrogen) atoms. The van der Waals surface area contributed by atoms with Crippen LogP contribution in [0.15, 0.2) is 73.1 Å². The highest BCUT2D eigenvalue weighted by molar-refractivity contribution is 7.90. The molecule has 344 valence electrons. The van der Waals surface area contributed by atoms with Crippen LogP contribution in [0.5, 0.6) is 0 Å². The number of carbonyl (C=O) groups is 4. The van der Waals surface area contributed by atoms with E-state index in [9.17, 15) is 32.0 Å². The summed E-state index contributed by atoms with van der Waals surface area (Å²) >= 11 is 0. The minimum absolute atomic E-state index is 0.000815. The molecule has 3 aromatic carbocycles. The Bertz CT molecular complexity index is 2860. The lowest BCUT2D eigenvalue weighted by molar-refractivity contribution is -0.136. The largest absolute Gasteiger partial charge is 0.375 e. The molecule has 0 bridgehead atoms. The van der Waals surface area contributed by atoms with Crippen LogP contribution in [-0.4, -0.2) is 115 Å². The first kappa shape index (κ1) is 43.6. The summed E-state index contributed by atoms with van der Waals surface area (Å²) in [6.45, 7) is 3.15. The lowest BCUT2D eigenvalue weighted by Crippen LogP contribution is -2.52. The second kappa shape index (κ2) is 17.5. The van der Waals surface area contributed by atoms with Gasteiger partial charge in [-0.05, 0) is 98.2 Å². The van der Waals surface area contributed by atoms with E-state index < -0.39 is 57.0 Å². The van der Waals surface area contributed by atoms with Crippen LogP contribution in [-0.2, 0) is 31.1 Å². The summed E-state index contributed by atoms with van der Waals surface area (Å²) < 4.78 is 79.7. The van der Waals surface area contributed by atoms with Crippen molar-refractivity contribution in [1.29, 1.82) is 0 Å². The fourth-order valence-electron chi connectivity index (χ4n) is 9.83. The molecule has 0 aliphatic carbocycles. The maximum Gasteiger partial charge on any atom is 0.301 e. The van der Waals surface area contributed by atoms with Crippen molar-refractivity contribution in [2.24, 2.45) is 0 Å². The van der Waals surface area contributed by atoms with Gasteiger partial charge in [-0.2, -0.15) is 12.7 Å². The number of ether oxygens (including phenoxy) is 1. The second-order valence-corrected chi connectivity index (χ2v) is 19.3. The Labute approximate surface area is 378 Å². The van der Waals surface area contributed by atoms with Crippen LogP contribution >= 0.6 is 0 Å². The topological polar surface area (TPSA) is 177 Å². The van der Waals surface area contributed by atoms with Crippen LogP contribution in [0.4, 0.5) is 30.2 Å². The number of rotatable bonds is 11. The van der Waals surface area contributed by atoms with Gasteiger partial charge >= 0.3 is 10.2 Å². The number of benzene rings is 3. The molecule has 2 aromatic heterocycles. The summed E-state index contributed by atoms with van der Waals surface area (Å²) in [5, 5.41) is 2.68. The summed E-state index contributed by atoms with van der Waals surface area (Å²) in [4.78, 5) is 64.6. The Hall–Kier alpha value is -6.31. The van der Waals surface area contributed by atoms with Gasteiger partial charge in [0.1, 0.15) is 23.7 Å². The number of amides is 3. The van der Waals surface area contributed by atoms with E-state index in [4.69, 9.17) is 4.74 Å². The van der Waals surface area contributed by atoms with Crippen LogP contribution in [0, 0.1) is 11.6 Å². The van der Waals surface area contributed by atoms with Gasteiger partial charge in [0.2, 0.25) is 17.6 Å². The zero-order valence-electron chi connectivity index (χ0n) is 35.8. The van der Waals surface area contributed by atoms with E-state index in [1.54, 1.807) is 17.2 Å². The van der Waals surface area contributed by atoms with Crippen LogP contribution in [0.3, 0.4) is 0 Å². The van der Waals surface area contributed by atoms with E-state index in [1.165, 1.54) is 6.20 Å². The maximum absolute atomic E-state index is 15.8. The molecule has 2 atom stereocenters. The first-order valence-electron chi connectivity index (χ1n) is 22.2. The molecule has 5 aliphatic rings. The number of ketones is 1. The predicted octanol–water partition coefficient (Wildman–Crippen LogP) is 5.86. The number of halogens is 3. The molecule has 5 aliphatic heterocycles. The minimum atomic E-state index is -4.36. The first-order valence-corrected chi connectivity index (χ1v) is 23.7. The van der Waals surface area contributed by atoms with Crippen molar-refractivity contribution in [1.82, 2.24) is 24.5 Å². The monoisotopic (exact) mass is 924 g/mol. The van der Waals surface area contributed by atoms with Gasteiger partial charge in [-0.3, -0.25) is 29.2 Å². The molecule has 3 amide bonds. The van der Waals surface area contributed by atoms with Gasteiger partial charge in [-0.25, -0.2) is 18.2 Å². The molecule has 0 spiro atoms. The van der Waals surface area contributed by atoms with Crippen LogP contribution in [0.2, 0.25) is 0 Å². The smallest absolute Gasteiger partial charge is 0.301 e. The molecular formula is C47H47F3N8O7S. The van der Waals surface area contributed by atoms with Gasteiger partial charge in [0.05, 0.1) is 23.5 Å². The predicted molar refractivity (Wildman–Crippen MR) is 239 cm³/mol. The van der Waals surface area contributed by atoms with Crippen molar-refractivity contribution in [2.45, 2.75) is 75.9 Å². The zero-order valence-corrected chi connectivity index (χ0v) is 36.6. The fraction of sp³-hybridized carbons (Fsp3) is 0.383. The molecule has 7 heterocycles. The Morgan fingerprint density at radius 1 is 0.818 bits per heavy atom. The number of alkyl halides is 1. The van der Waals surface area contributed by atoms with Crippen LogP contribution < -0.4 is 19.8 Å². The number of imide groups is 1. The third-order valence-electron chi connectivity index (χ3n) is 13.5. The Morgan fingerprint density at radius 2 is 1.52 bits per heavy atom. The molecule has 10 rings (SSSR count). The average Bonchev–Trinajstić information content (AvgIpc) is 4.04. The quantitative estimate of drug-likeness (QED) is 0.108. The number of anilines is 3. The lowest BCUT2D eigenvalue weighted by atomic mass is 9.99. The van der Waals surface area contributed by atoms with Gasteiger partial charge in [0.25, 0.3) is 5.91 Å². The Balaban J connectivity index is 0.730. The SMILES string of the molecule is O=C1CC[C@H](N2Cc3cc(N4CCC(OC5CCN(c6ccc(-c7cnc8[nH]cc(C(=O)c9c(F)ccc(NS(=O)(=O)N%10CC[C@@H](F)C%10)c9F)c8c7)cc6)CC5)CC4)ccc3C2=O)C(=O)N1. The van der Waals surface area contributed by atoms with Gasteiger partial charge in [-0.15, -0.1) is 0 Å². The van der Waals surface area contributed by atoms with Crippen molar-refractivity contribution >= 4 is 61.8 Å². The maximum atomic E-state index is 15.8. The molecule has 0 unspecified atom stereocenters. The fourth-order valence-corrected chi connectivity index (χ4v) is 11.1. The third-order valence-corrected chi connectivity index (χ3v) is 15.0. The van der Waals surface area contributed by atoms with Crippen LogP contribution in [0.25, 0.3) is 22.2 Å². The number of fused-ring (bicyclic) bond motifs is 2. The summed E-state index contributed by atoms with van der Waals surface area (Å²) in [6.07, 6.45) is 5.96. The highest BCUT2D eigenvalue weighted by Gasteiger charge is 2.40. The summed E-state index contributed by atoms with van der Waals surface area (Å²) in [5.41, 5.74) is 3.76. The lowest BCUT2D eigenvalue weighted by Gasteiger charge is -2.38. The van der Waals surface area contributed by atoms with E-state index in [-0.39, 0.29) is 55.5 Å². The molecule has 0 radical (unpaired) electrons. The van der Waals surface area contributed by atoms with E-state index in [2.05, 4.69) is 25.1 Å². The third kappa shape index (κ3) is 8.39. The molecule has 5 aromatic rings. The van der Waals surface area contributed by atoms with Gasteiger partial charge in [0, 0.05) is 98.1 Å². The number of hydrogen-bond acceptors (Lipinski definition) is 10. The van der Waals surface area contributed by atoms with Crippen molar-refractivity contribution in [2.75, 3.05) is 53.8 Å². The highest BCUT2D eigenvalue weighted by atomic mass is 32.2. The number of piperidine rings is 3. The average molecular weight is 925 g/mol. The standard InChI is InChI=1S/C47H47F3N8O7S/c48-30-11-20-57(26-30)66(63,64)54-39-8-7-38(49)42(43(39)50)44(60)37-24-52-45-36(37)22-28(23-51-45)27-1-3-31(4-2-27)55-16-12-33(13-17-55)65-34-14-18-56(19-15-34)32-5-6-35-29(21-32)25-58(47(35)62)40-9-10-41(59)53-46(40)61/h1-8,21-24,30,33-34,40,54H,9-20,25-26H2,(H,51,52)(H,53,59,61)/t30-,40+/m1/s1. The van der Waals surface area contributed by atoms with Gasteiger partial charge in [-0.1, -0.05) is 12.1 Å². The number of nitrogens with zero attached hydrogens (tertiary/aromatic N) is 5. The molecule has 0 saturated carbocycles. The summed E-state index contributed by atoms with van der Waals surface area (Å²) in [5.74, 6) is -4.47. The molecule has 19 heteroatoms. The number of nitrogens with one attached hydrogen (secondary N) is 3. The van der Waals surface area contributed by atoms with E-state index in [0.29, 0.717) is 35.1 Å². The number of hydrogen-bond donors (Lipinski definition) is 3. The molecule has 4 fully saturated rings. The molecule has 15 nitrogen and oxygen atoms in total. The first-order chi connectivity index (χ1) is 31.8. The number of H-pyrrole nitrogens is 1. The summed E-state index contributed by atoms with van der Waals surface area (Å²) in [6, 6.07) is 16.6. The highest BCUT2D eigenvalue weighted by Crippen LogP contribution is 2.35. The van der Waals surface area contributed by atoms with Gasteiger partial charge < -0.3 is 24.4 Å². The zero-order chi connectivity index (χ0) is 45.9. The molecular weight excluding hydrogens is 878 g/mol. The second-order valence-electron chi connectivity index (χ2n) is 17.6. The normalized spacial score (nSPS) is 21.2. The molecule has 3 N–H and O–H groups in total. The number of aromatic nitrogens is 2. The summed E-state index contributed by atoms with van der Waals surface area (Å²) in [7, 11) is -4.36. The van der Waals surface area contributed by atoms with Gasteiger partial charge in [0.15, 0.2) is 5.82 Å². The Kier molecular flexibility index (Phi) is 11.5. The van der Waals surface area contributed by atoms with E-state index >= 15 is 8.78 Å². The van der Waals surface area contributed by atoms with E-state index in [1.807, 2.05) is 47.2 Å². The van der Waals surface area contributed by atoms with Crippen molar-refractivity contribution in [3.8, 4) is 11.1 Å².